The van der Waals surface area contributed by atoms with Gasteiger partial charge in [-0.2, -0.15) is 0 Å². The molecule has 0 fully saturated rings. The zero-order valence-corrected chi connectivity index (χ0v) is 14.4. The average Bonchev–Trinajstić information content (AvgIpc) is 2.66. The van der Waals surface area contributed by atoms with Gasteiger partial charge in [-0.15, -0.1) is 0 Å². The molecule has 0 aliphatic rings. The lowest BCUT2D eigenvalue weighted by Gasteiger charge is -2.17. The molecule has 26 heavy (non-hydrogen) atoms. The van der Waals surface area contributed by atoms with E-state index in [4.69, 9.17) is 0 Å². The highest BCUT2D eigenvalue weighted by molar-refractivity contribution is 6.07. The Labute approximate surface area is 151 Å². The van der Waals surface area contributed by atoms with E-state index in [1.165, 1.54) is 0 Å². The van der Waals surface area contributed by atoms with Gasteiger partial charge in [0.2, 0.25) is 5.95 Å². The lowest BCUT2D eigenvalue weighted by Crippen LogP contribution is -2.16. The molecule has 7 heteroatoms. The number of hydrazine groups is 1. The summed E-state index contributed by atoms with van der Waals surface area (Å²) < 4.78 is 0. The molecule has 0 atom stereocenters. The zero-order valence-electron chi connectivity index (χ0n) is 14.4. The fourth-order valence-electron chi connectivity index (χ4n) is 2.43. The number of hydrogen-bond acceptors (Lipinski definition) is 6. The molecule has 4 N–H and O–H groups in total. The number of aromatic hydroxyl groups is 1. The van der Waals surface area contributed by atoms with E-state index in [-0.39, 0.29) is 11.3 Å². The Bertz CT molecular complexity index is 914. The maximum atomic E-state index is 12.6. The van der Waals surface area contributed by atoms with E-state index < -0.39 is 5.91 Å². The van der Waals surface area contributed by atoms with Crippen molar-refractivity contribution >= 4 is 23.2 Å². The monoisotopic (exact) mass is 349 g/mol. The number of aryl methyl sites for hydroxylation is 1. The molecular formula is C19H19N5O2. The van der Waals surface area contributed by atoms with Crippen LogP contribution in [-0.4, -0.2) is 21.0 Å². The summed E-state index contributed by atoms with van der Waals surface area (Å²) in [6.45, 7) is 3.72. The Morgan fingerprint density at radius 3 is 2.38 bits per heavy atom. The Balaban J connectivity index is 1.87. The van der Waals surface area contributed by atoms with Crippen LogP contribution in [0.2, 0.25) is 0 Å². The number of nitrogens with zero attached hydrogens (tertiary/aromatic N) is 2. The summed E-state index contributed by atoms with van der Waals surface area (Å²) in [6, 6.07) is 12.4. The fourth-order valence-corrected chi connectivity index (χ4v) is 2.43. The summed E-state index contributed by atoms with van der Waals surface area (Å²) in [5.41, 5.74) is 8.61. The molecule has 2 aromatic carbocycles. The SMILES string of the molecule is Cc1cc(C(=O)Nc2ccccc2)c(O)c(NNc2ncccn2)c1C. The maximum absolute atomic E-state index is 12.6. The third kappa shape index (κ3) is 3.72. The van der Waals surface area contributed by atoms with E-state index in [2.05, 4.69) is 26.1 Å². The first-order valence-electron chi connectivity index (χ1n) is 8.05. The minimum absolute atomic E-state index is 0.148. The lowest BCUT2D eigenvalue weighted by atomic mass is 10.0. The molecule has 0 saturated heterocycles. The Morgan fingerprint density at radius 2 is 1.69 bits per heavy atom. The molecule has 132 valence electrons. The lowest BCUT2D eigenvalue weighted by molar-refractivity contribution is 0.102. The van der Waals surface area contributed by atoms with Gasteiger partial charge in [0.15, 0.2) is 5.75 Å². The molecule has 1 amide bonds. The van der Waals surface area contributed by atoms with Crippen LogP contribution in [0.15, 0.2) is 54.9 Å². The van der Waals surface area contributed by atoms with Gasteiger partial charge in [-0.25, -0.2) is 9.97 Å². The van der Waals surface area contributed by atoms with Gasteiger partial charge in [0.05, 0.1) is 11.3 Å². The third-order valence-electron chi connectivity index (χ3n) is 3.96. The van der Waals surface area contributed by atoms with Crippen LogP contribution in [0.1, 0.15) is 21.5 Å². The van der Waals surface area contributed by atoms with Crippen LogP contribution in [0.5, 0.6) is 5.75 Å². The predicted molar refractivity (Wildman–Crippen MR) is 101 cm³/mol. The first-order valence-corrected chi connectivity index (χ1v) is 8.05. The van der Waals surface area contributed by atoms with Gasteiger partial charge in [-0.3, -0.25) is 15.6 Å². The summed E-state index contributed by atoms with van der Waals surface area (Å²) in [4.78, 5) is 20.7. The number of anilines is 3. The quantitative estimate of drug-likeness (QED) is 0.416. The molecule has 3 rings (SSSR count). The van der Waals surface area contributed by atoms with E-state index in [0.29, 0.717) is 17.3 Å². The number of phenolic OH excluding ortho intramolecular Hbond substituents is 1. The minimum atomic E-state index is -0.393. The summed E-state index contributed by atoms with van der Waals surface area (Å²) in [7, 11) is 0. The highest BCUT2D eigenvalue weighted by Crippen LogP contribution is 2.34. The van der Waals surface area contributed by atoms with Crippen molar-refractivity contribution < 1.29 is 9.90 Å². The molecule has 0 unspecified atom stereocenters. The van der Waals surface area contributed by atoms with Crippen molar-refractivity contribution in [3.63, 3.8) is 0 Å². The molecule has 1 heterocycles. The first kappa shape index (κ1) is 17.2. The van der Waals surface area contributed by atoms with Crippen molar-refractivity contribution in [1.29, 1.82) is 0 Å². The van der Waals surface area contributed by atoms with Crippen molar-refractivity contribution in [2.24, 2.45) is 0 Å². The van der Waals surface area contributed by atoms with Gasteiger partial charge in [-0.05, 0) is 49.2 Å². The van der Waals surface area contributed by atoms with E-state index in [9.17, 15) is 9.90 Å². The van der Waals surface area contributed by atoms with Crippen LogP contribution in [0.25, 0.3) is 0 Å². The number of carbonyl (C=O) groups is 1. The molecule has 0 saturated carbocycles. The number of carbonyl (C=O) groups excluding carboxylic acids is 1. The topological polar surface area (TPSA) is 99.2 Å². The van der Waals surface area contributed by atoms with Crippen LogP contribution >= 0.6 is 0 Å². The van der Waals surface area contributed by atoms with Gasteiger partial charge in [0, 0.05) is 18.1 Å². The molecule has 7 nitrogen and oxygen atoms in total. The second-order valence-corrected chi connectivity index (χ2v) is 5.73. The van der Waals surface area contributed by atoms with Gasteiger partial charge in [0.25, 0.3) is 5.91 Å². The second-order valence-electron chi connectivity index (χ2n) is 5.73. The number of benzene rings is 2. The smallest absolute Gasteiger partial charge is 0.259 e. The minimum Gasteiger partial charge on any atom is -0.505 e. The van der Waals surface area contributed by atoms with Crippen LogP contribution in [0, 0.1) is 13.8 Å². The van der Waals surface area contributed by atoms with Crippen molar-refractivity contribution in [2.45, 2.75) is 13.8 Å². The number of hydrogen-bond donors (Lipinski definition) is 4. The number of aromatic nitrogens is 2. The summed E-state index contributed by atoms with van der Waals surface area (Å²) in [5, 5.41) is 13.4. The third-order valence-corrected chi connectivity index (χ3v) is 3.96. The molecule has 1 aromatic heterocycles. The fraction of sp³-hybridized carbons (Fsp3) is 0.105. The maximum Gasteiger partial charge on any atom is 0.259 e. The van der Waals surface area contributed by atoms with Gasteiger partial charge < -0.3 is 10.4 Å². The summed E-state index contributed by atoms with van der Waals surface area (Å²) >= 11 is 0. The first-order chi connectivity index (χ1) is 12.6. The largest absolute Gasteiger partial charge is 0.505 e. The molecule has 0 bridgehead atoms. The number of phenols is 1. The van der Waals surface area contributed by atoms with E-state index >= 15 is 0 Å². The molecule has 3 aromatic rings. The summed E-state index contributed by atoms with van der Waals surface area (Å²) in [5.74, 6) is -0.191. The Kier molecular flexibility index (Phi) is 4.98. The van der Waals surface area contributed by atoms with E-state index in [1.807, 2.05) is 32.0 Å². The average molecular weight is 349 g/mol. The molecule has 0 radical (unpaired) electrons. The molecule has 0 spiro atoms. The Hall–Kier alpha value is -3.61. The number of rotatable bonds is 5. The number of para-hydroxylation sites is 1. The van der Waals surface area contributed by atoms with Gasteiger partial charge >= 0.3 is 0 Å². The van der Waals surface area contributed by atoms with Gasteiger partial charge in [0.1, 0.15) is 0 Å². The summed E-state index contributed by atoms with van der Waals surface area (Å²) in [6.07, 6.45) is 3.19. The molecule has 0 aliphatic heterocycles. The van der Waals surface area contributed by atoms with Crippen molar-refractivity contribution in [3.05, 3.63) is 71.5 Å². The van der Waals surface area contributed by atoms with Gasteiger partial charge in [-0.1, -0.05) is 18.2 Å². The van der Waals surface area contributed by atoms with Crippen LogP contribution in [0.4, 0.5) is 17.3 Å². The number of nitrogens with one attached hydrogen (secondary N) is 3. The van der Waals surface area contributed by atoms with E-state index in [0.717, 1.165) is 11.1 Å². The highest BCUT2D eigenvalue weighted by atomic mass is 16.3. The Morgan fingerprint density at radius 1 is 1.00 bits per heavy atom. The van der Waals surface area contributed by atoms with Crippen LogP contribution in [-0.2, 0) is 0 Å². The normalized spacial score (nSPS) is 10.2. The predicted octanol–water partition coefficient (Wildman–Crippen LogP) is 3.49. The number of amides is 1. The molecule has 0 aliphatic carbocycles. The second kappa shape index (κ2) is 7.52. The highest BCUT2D eigenvalue weighted by Gasteiger charge is 2.19. The van der Waals surface area contributed by atoms with Crippen molar-refractivity contribution in [1.82, 2.24) is 9.97 Å². The molecular weight excluding hydrogens is 330 g/mol. The van der Waals surface area contributed by atoms with Crippen LogP contribution < -0.4 is 16.2 Å². The van der Waals surface area contributed by atoms with Crippen molar-refractivity contribution in [2.75, 3.05) is 16.2 Å². The zero-order chi connectivity index (χ0) is 18.5. The van der Waals surface area contributed by atoms with E-state index in [1.54, 1.807) is 36.7 Å². The van der Waals surface area contributed by atoms with Crippen molar-refractivity contribution in [3.8, 4) is 5.75 Å². The van der Waals surface area contributed by atoms with Crippen LogP contribution in [0.3, 0.4) is 0 Å². The standard InChI is InChI=1S/C19H19N5O2/c1-12-11-15(18(26)22-14-7-4-3-5-8-14)17(25)16(13(12)2)23-24-19-20-9-6-10-21-19/h3-11,23,25H,1-2H3,(H,22,26)(H,20,21,24).